The van der Waals surface area contributed by atoms with E-state index in [2.05, 4.69) is 32.9 Å². The van der Waals surface area contributed by atoms with E-state index in [4.69, 9.17) is 17.3 Å². The van der Waals surface area contributed by atoms with Crippen molar-refractivity contribution in [2.75, 3.05) is 0 Å². The molecule has 2 aromatic carbocycles. The van der Waals surface area contributed by atoms with Crippen LogP contribution in [0.15, 0.2) is 30.3 Å². The molecule has 2 N–H and O–H groups in total. The van der Waals surface area contributed by atoms with Crippen molar-refractivity contribution in [1.82, 2.24) is 0 Å². The largest absolute Gasteiger partial charge is 0.326 e. The second-order valence-corrected chi connectivity index (χ2v) is 5.22. The maximum Gasteiger partial charge on any atom is 0.0412 e. The van der Waals surface area contributed by atoms with Gasteiger partial charge in [0.2, 0.25) is 0 Å². The SMILES string of the molecule is Cc1cc(C)c(-c2cc(Cl)ccc2CN)c(C)c1. The third-order valence-corrected chi connectivity index (χ3v) is 3.47. The van der Waals surface area contributed by atoms with Gasteiger partial charge < -0.3 is 5.73 Å². The smallest absolute Gasteiger partial charge is 0.0412 e. The van der Waals surface area contributed by atoms with E-state index in [9.17, 15) is 0 Å². The van der Waals surface area contributed by atoms with Crippen LogP contribution in [0.4, 0.5) is 0 Å². The molecule has 0 fully saturated rings. The Morgan fingerprint density at radius 1 is 1.00 bits per heavy atom. The average Bonchev–Trinajstić information content (AvgIpc) is 2.28. The summed E-state index contributed by atoms with van der Waals surface area (Å²) in [6.07, 6.45) is 0. The molecule has 94 valence electrons. The van der Waals surface area contributed by atoms with Crippen LogP contribution in [-0.4, -0.2) is 0 Å². The first kappa shape index (κ1) is 13.1. The summed E-state index contributed by atoms with van der Waals surface area (Å²) < 4.78 is 0. The lowest BCUT2D eigenvalue weighted by atomic mass is 9.91. The van der Waals surface area contributed by atoms with Crippen LogP contribution in [0.1, 0.15) is 22.3 Å². The molecule has 2 rings (SSSR count). The fraction of sp³-hybridized carbons (Fsp3) is 0.250. The minimum absolute atomic E-state index is 0.527. The molecule has 0 saturated heterocycles. The minimum Gasteiger partial charge on any atom is -0.326 e. The Morgan fingerprint density at radius 3 is 2.17 bits per heavy atom. The van der Waals surface area contributed by atoms with Gasteiger partial charge in [0, 0.05) is 11.6 Å². The van der Waals surface area contributed by atoms with Gasteiger partial charge in [-0.15, -0.1) is 0 Å². The van der Waals surface area contributed by atoms with Crippen LogP contribution < -0.4 is 5.73 Å². The topological polar surface area (TPSA) is 26.0 Å². The summed E-state index contributed by atoms with van der Waals surface area (Å²) in [6.45, 7) is 6.91. The van der Waals surface area contributed by atoms with Gasteiger partial charge >= 0.3 is 0 Å². The summed E-state index contributed by atoms with van der Waals surface area (Å²) in [5, 5.41) is 0.751. The van der Waals surface area contributed by atoms with E-state index >= 15 is 0 Å². The Labute approximate surface area is 114 Å². The zero-order valence-corrected chi connectivity index (χ0v) is 11.8. The van der Waals surface area contributed by atoms with Crippen molar-refractivity contribution in [3.8, 4) is 11.1 Å². The molecule has 0 saturated carbocycles. The molecule has 0 aliphatic rings. The molecule has 0 heterocycles. The van der Waals surface area contributed by atoms with Crippen LogP contribution in [-0.2, 0) is 6.54 Å². The predicted molar refractivity (Wildman–Crippen MR) is 79.0 cm³/mol. The maximum atomic E-state index is 6.12. The summed E-state index contributed by atoms with van der Waals surface area (Å²) in [5.74, 6) is 0. The van der Waals surface area contributed by atoms with Crippen molar-refractivity contribution in [3.05, 3.63) is 57.6 Å². The first-order valence-electron chi connectivity index (χ1n) is 6.09. The molecule has 1 nitrogen and oxygen atoms in total. The summed E-state index contributed by atoms with van der Waals surface area (Å²) in [4.78, 5) is 0. The monoisotopic (exact) mass is 259 g/mol. The number of aryl methyl sites for hydroxylation is 3. The third kappa shape index (κ3) is 2.43. The summed E-state index contributed by atoms with van der Waals surface area (Å²) >= 11 is 6.12. The molecule has 2 heteroatoms. The fourth-order valence-electron chi connectivity index (χ4n) is 2.56. The van der Waals surface area contributed by atoms with Gasteiger partial charge in [0.25, 0.3) is 0 Å². The lowest BCUT2D eigenvalue weighted by Crippen LogP contribution is -2.01. The van der Waals surface area contributed by atoms with Crippen LogP contribution in [0.2, 0.25) is 5.02 Å². The molecule has 0 radical (unpaired) electrons. The highest BCUT2D eigenvalue weighted by Gasteiger charge is 2.11. The molecule has 2 aromatic rings. The fourth-order valence-corrected chi connectivity index (χ4v) is 2.74. The number of benzene rings is 2. The Morgan fingerprint density at radius 2 is 1.61 bits per heavy atom. The van der Waals surface area contributed by atoms with Crippen molar-refractivity contribution < 1.29 is 0 Å². The molecule has 0 amide bonds. The van der Waals surface area contributed by atoms with Crippen LogP contribution in [0.25, 0.3) is 11.1 Å². The maximum absolute atomic E-state index is 6.12. The zero-order valence-electron chi connectivity index (χ0n) is 11.0. The number of hydrogen-bond acceptors (Lipinski definition) is 1. The zero-order chi connectivity index (χ0) is 13.3. The highest BCUT2D eigenvalue weighted by molar-refractivity contribution is 6.30. The van der Waals surface area contributed by atoms with Gasteiger partial charge in [-0.05, 0) is 60.7 Å². The molecular weight excluding hydrogens is 242 g/mol. The van der Waals surface area contributed by atoms with E-state index in [1.807, 2.05) is 18.2 Å². The molecule has 18 heavy (non-hydrogen) atoms. The van der Waals surface area contributed by atoms with Crippen LogP contribution in [0.5, 0.6) is 0 Å². The highest BCUT2D eigenvalue weighted by atomic mass is 35.5. The lowest BCUT2D eigenvalue weighted by molar-refractivity contribution is 1.07. The molecule has 0 bridgehead atoms. The normalized spacial score (nSPS) is 10.7. The molecule has 0 aliphatic carbocycles. The second kappa shape index (κ2) is 5.13. The van der Waals surface area contributed by atoms with Gasteiger partial charge in [0.05, 0.1) is 0 Å². The lowest BCUT2D eigenvalue weighted by Gasteiger charge is -2.15. The van der Waals surface area contributed by atoms with Gasteiger partial charge in [-0.1, -0.05) is 35.4 Å². The number of rotatable bonds is 2. The summed E-state index contributed by atoms with van der Waals surface area (Å²) in [6, 6.07) is 10.3. The molecule has 0 spiro atoms. The van der Waals surface area contributed by atoms with Crippen molar-refractivity contribution in [2.45, 2.75) is 27.3 Å². The van der Waals surface area contributed by atoms with Gasteiger partial charge in [-0.2, -0.15) is 0 Å². The first-order valence-corrected chi connectivity index (χ1v) is 6.47. The number of nitrogens with two attached hydrogens (primary N) is 1. The van der Waals surface area contributed by atoms with E-state index < -0.39 is 0 Å². The van der Waals surface area contributed by atoms with Gasteiger partial charge in [0.1, 0.15) is 0 Å². The number of halogens is 1. The number of hydrogen-bond donors (Lipinski definition) is 1. The minimum atomic E-state index is 0.527. The van der Waals surface area contributed by atoms with E-state index in [1.165, 1.54) is 22.3 Å². The van der Waals surface area contributed by atoms with E-state index in [0.29, 0.717) is 6.54 Å². The standard InChI is InChI=1S/C16H18ClN/c1-10-6-11(2)16(12(3)7-10)15-8-14(17)5-4-13(15)9-18/h4-8H,9,18H2,1-3H3. The first-order chi connectivity index (χ1) is 8.52. The summed E-state index contributed by atoms with van der Waals surface area (Å²) in [5.41, 5.74) is 13.2. The van der Waals surface area contributed by atoms with Crippen molar-refractivity contribution in [2.24, 2.45) is 5.73 Å². The molecule has 0 aliphatic heterocycles. The van der Waals surface area contributed by atoms with Crippen LogP contribution >= 0.6 is 11.6 Å². The van der Waals surface area contributed by atoms with Crippen molar-refractivity contribution in [1.29, 1.82) is 0 Å². The summed E-state index contributed by atoms with van der Waals surface area (Å²) in [7, 11) is 0. The molecule has 0 aromatic heterocycles. The Hall–Kier alpha value is -1.31. The van der Waals surface area contributed by atoms with Crippen LogP contribution in [0.3, 0.4) is 0 Å². The van der Waals surface area contributed by atoms with Gasteiger partial charge in [-0.3, -0.25) is 0 Å². The van der Waals surface area contributed by atoms with Gasteiger partial charge in [0.15, 0.2) is 0 Å². The van der Waals surface area contributed by atoms with Crippen molar-refractivity contribution in [3.63, 3.8) is 0 Å². The quantitative estimate of drug-likeness (QED) is 0.850. The highest BCUT2D eigenvalue weighted by Crippen LogP contribution is 2.32. The molecule has 0 atom stereocenters. The Balaban J connectivity index is 2.72. The molecule has 0 unspecified atom stereocenters. The van der Waals surface area contributed by atoms with E-state index in [-0.39, 0.29) is 0 Å². The van der Waals surface area contributed by atoms with Gasteiger partial charge in [-0.25, -0.2) is 0 Å². The average molecular weight is 260 g/mol. The Kier molecular flexibility index (Phi) is 3.74. The second-order valence-electron chi connectivity index (χ2n) is 4.78. The molecular formula is C16H18ClN. The van der Waals surface area contributed by atoms with E-state index in [0.717, 1.165) is 16.1 Å². The third-order valence-electron chi connectivity index (χ3n) is 3.24. The van der Waals surface area contributed by atoms with Crippen LogP contribution in [0, 0.1) is 20.8 Å². The van der Waals surface area contributed by atoms with Crippen molar-refractivity contribution >= 4 is 11.6 Å². The predicted octanol–water partition coefficient (Wildman–Crippen LogP) is 4.39. The van der Waals surface area contributed by atoms with E-state index in [1.54, 1.807) is 0 Å². The Bertz CT molecular complexity index is 565.